The summed E-state index contributed by atoms with van der Waals surface area (Å²) in [6.07, 6.45) is 5.22. The first-order valence-corrected chi connectivity index (χ1v) is 8.51. The van der Waals surface area contributed by atoms with Crippen LogP contribution in [-0.2, 0) is 11.3 Å². The molecule has 2 aliphatic heterocycles. The molecule has 0 saturated carbocycles. The van der Waals surface area contributed by atoms with E-state index in [1.807, 2.05) is 6.92 Å². The van der Waals surface area contributed by atoms with Crippen molar-refractivity contribution in [2.24, 2.45) is 0 Å². The van der Waals surface area contributed by atoms with E-state index < -0.39 is 0 Å². The summed E-state index contributed by atoms with van der Waals surface area (Å²) >= 11 is 0. The number of methoxy groups -OCH3 is 1. The minimum Gasteiger partial charge on any atom is -0.377 e. The summed E-state index contributed by atoms with van der Waals surface area (Å²) in [5.41, 5.74) is 1.02. The van der Waals surface area contributed by atoms with Crippen molar-refractivity contribution >= 4 is 5.82 Å². The number of likely N-dealkylation sites (tertiary alicyclic amines) is 1. The molecule has 1 aromatic heterocycles. The summed E-state index contributed by atoms with van der Waals surface area (Å²) in [4.78, 5) is 14.2. The lowest BCUT2D eigenvalue weighted by atomic mass is 10.0. The molecule has 2 aliphatic rings. The Labute approximate surface area is 133 Å². The molecule has 0 radical (unpaired) electrons. The summed E-state index contributed by atoms with van der Waals surface area (Å²) in [5, 5.41) is 0. The van der Waals surface area contributed by atoms with Gasteiger partial charge in [-0.15, -0.1) is 0 Å². The van der Waals surface area contributed by atoms with Crippen molar-refractivity contribution in [3.8, 4) is 0 Å². The fourth-order valence-corrected chi connectivity index (χ4v) is 3.89. The van der Waals surface area contributed by atoms with E-state index in [1.165, 1.54) is 32.2 Å². The molecule has 0 amide bonds. The van der Waals surface area contributed by atoms with E-state index in [4.69, 9.17) is 4.74 Å². The number of hydrogen-bond acceptors (Lipinski definition) is 5. The highest BCUT2D eigenvalue weighted by Crippen LogP contribution is 2.27. The summed E-state index contributed by atoms with van der Waals surface area (Å²) in [7, 11) is 1.69. The molecule has 122 valence electrons. The maximum atomic E-state index is 5.17. The molecule has 0 aliphatic carbocycles. The van der Waals surface area contributed by atoms with Gasteiger partial charge in [0.2, 0.25) is 0 Å². The minimum absolute atomic E-state index is 0.483. The zero-order valence-electron chi connectivity index (χ0n) is 14.1. The predicted molar refractivity (Wildman–Crippen MR) is 88.1 cm³/mol. The van der Waals surface area contributed by atoms with E-state index in [1.54, 1.807) is 7.11 Å². The van der Waals surface area contributed by atoms with Crippen LogP contribution in [0, 0.1) is 6.92 Å². The van der Waals surface area contributed by atoms with Crippen LogP contribution in [0.1, 0.15) is 44.1 Å². The first kappa shape index (κ1) is 15.7. The van der Waals surface area contributed by atoms with Crippen LogP contribution in [0.3, 0.4) is 0 Å². The van der Waals surface area contributed by atoms with E-state index in [2.05, 4.69) is 32.8 Å². The van der Waals surface area contributed by atoms with Gasteiger partial charge in [0.15, 0.2) is 5.82 Å². The second-order valence-corrected chi connectivity index (χ2v) is 6.66. The molecular weight excluding hydrogens is 276 g/mol. The van der Waals surface area contributed by atoms with Gasteiger partial charge in [-0.2, -0.15) is 0 Å². The highest BCUT2D eigenvalue weighted by Gasteiger charge is 2.30. The molecular formula is C17H28N4O. The second kappa shape index (κ2) is 6.92. The van der Waals surface area contributed by atoms with E-state index >= 15 is 0 Å². The van der Waals surface area contributed by atoms with E-state index in [0.29, 0.717) is 6.61 Å². The van der Waals surface area contributed by atoms with Crippen LogP contribution in [0.4, 0.5) is 5.82 Å². The van der Waals surface area contributed by atoms with Crippen LogP contribution in [0.2, 0.25) is 0 Å². The van der Waals surface area contributed by atoms with E-state index in [0.717, 1.165) is 42.5 Å². The van der Waals surface area contributed by atoms with Crippen molar-refractivity contribution in [2.45, 2.75) is 58.2 Å². The maximum Gasteiger partial charge on any atom is 0.156 e. The van der Waals surface area contributed by atoms with Gasteiger partial charge < -0.3 is 9.64 Å². The Hall–Kier alpha value is -1.20. The van der Waals surface area contributed by atoms with Gasteiger partial charge in [-0.25, -0.2) is 9.97 Å². The molecule has 0 bridgehead atoms. The topological polar surface area (TPSA) is 41.5 Å². The molecule has 3 heterocycles. The first-order chi connectivity index (χ1) is 10.7. The van der Waals surface area contributed by atoms with Gasteiger partial charge in [0.05, 0.1) is 0 Å². The van der Waals surface area contributed by atoms with Crippen LogP contribution in [0.25, 0.3) is 0 Å². The first-order valence-electron chi connectivity index (χ1n) is 8.51. The number of aryl methyl sites for hydroxylation is 1. The molecule has 5 nitrogen and oxygen atoms in total. The molecule has 0 aromatic carbocycles. The van der Waals surface area contributed by atoms with Gasteiger partial charge in [-0.05, 0) is 46.1 Å². The van der Waals surface area contributed by atoms with Crippen LogP contribution < -0.4 is 4.90 Å². The van der Waals surface area contributed by atoms with E-state index in [-0.39, 0.29) is 0 Å². The number of nitrogens with zero attached hydrogens (tertiary/aromatic N) is 4. The summed E-state index contributed by atoms with van der Waals surface area (Å²) in [6.45, 7) is 8.37. The van der Waals surface area contributed by atoms with Crippen molar-refractivity contribution in [3.05, 3.63) is 17.6 Å². The highest BCUT2D eigenvalue weighted by atomic mass is 16.5. The lowest BCUT2D eigenvalue weighted by Crippen LogP contribution is -2.46. The van der Waals surface area contributed by atoms with Crippen molar-refractivity contribution in [1.29, 1.82) is 0 Å². The van der Waals surface area contributed by atoms with Crippen LogP contribution in [0.5, 0.6) is 0 Å². The van der Waals surface area contributed by atoms with Gasteiger partial charge in [0, 0.05) is 44.0 Å². The zero-order valence-corrected chi connectivity index (χ0v) is 14.1. The summed E-state index contributed by atoms with van der Waals surface area (Å²) < 4.78 is 5.17. The van der Waals surface area contributed by atoms with Crippen LogP contribution in [0.15, 0.2) is 6.07 Å². The summed E-state index contributed by atoms with van der Waals surface area (Å²) in [5.74, 6) is 1.85. The number of aromatic nitrogens is 2. The standard InChI is InChI=1S/C17H28N4O/c1-13-11-17(19-16(18-13)12-22-3)20-9-6-15(7-10-20)21-8-4-5-14(21)2/h11,14-15H,4-10,12H2,1-3H3. The summed E-state index contributed by atoms with van der Waals surface area (Å²) in [6, 6.07) is 3.62. The van der Waals surface area contributed by atoms with Crippen LogP contribution in [-0.4, -0.2) is 53.7 Å². The molecule has 1 aromatic rings. The largest absolute Gasteiger partial charge is 0.377 e. The third-order valence-electron chi connectivity index (χ3n) is 5.02. The van der Waals surface area contributed by atoms with Gasteiger partial charge in [0.1, 0.15) is 12.4 Å². The molecule has 1 unspecified atom stereocenters. The number of piperidine rings is 1. The predicted octanol–water partition coefficient (Wildman–Crippen LogP) is 2.38. The van der Waals surface area contributed by atoms with E-state index in [9.17, 15) is 0 Å². The molecule has 2 saturated heterocycles. The molecule has 3 rings (SSSR count). The fraction of sp³-hybridized carbons (Fsp3) is 0.765. The normalized spacial score (nSPS) is 24.1. The highest BCUT2D eigenvalue weighted by molar-refractivity contribution is 5.40. The third-order valence-corrected chi connectivity index (χ3v) is 5.02. The second-order valence-electron chi connectivity index (χ2n) is 6.66. The maximum absolute atomic E-state index is 5.17. The average molecular weight is 304 g/mol. The average Bonchev–Trinajstić information content (AvgIpc) is 2.93. The van der Waals surface area contributed by atoms with Gasteiger partial charge in [-0.3, -0.25) is 4.90 Å². The smallest absolute Gasteiger partial charge is 0.156 e. The Kier molecular flexibility index (Phi) is 4.93. The SMILES string of the molecule is COCc1nc(C)cc(N2CCC(N3CCCC3C)CC2)n1. The van der Waals surface area contributed by atoms with Crippen LogP contribution >= 0.6 is 0 Å². The lowest BCUT2D eigenvalue weighted by molar-refractivity contribution is 0.162. The molecule has 0 N–H and O–H groups in total. The number of anilines is 1. The lowest BCUT2D eigenvalue weighted by Gasteiger charge is -2.39. The Balaban J connectivity index is 1.63. The van der Waals surface area contributed by atoms with Crippen molar-refractivity contribution < 1.29 is 4.74 Å². The van der Waals surface area contributed by atoms with Gasteiger partial charge in [0.25, 0.3) is 0 Å². The Morgan fingerprint density at radius 3 is 2.59 bits per heavy atom. The Bertz CT molecular complexity index is 499. The van der Waals surface area contributed by atoms with Crippen molar-refractivity contribution in [2.75, 3.05) is 31.6 Å². The Morgan fingerprint density at radius 1 is 1.18 bits per heavy atom. The van der Waals surface area contributed by atoms with Gasteiger partial charge in [-0.1, -0.05) is 0 Å². The van der Waals surface area contributed by atoms with Crippen molar-refractivity contribution in [1.82, 2.24) is 14.9 Å². The number of rotatable bonds is 4. The Morgan fingerprint density at radius 2 is 1.95 bits per heavy atom. The molecule has 2 fully saturated rings. The molecule has 0 spiro atoms. The monoisotopic (exact) mass is 304 g/mol. The fourth-order valence-electron chi connectivity index (χ4n) is 3.89. The minimum atomic E-state index is 0.483. The molecule has 5 heteroatoms. The molecule has 22 heavy (non-hydrogen) atoms. The molecule has 1 atom stereocenters. The number of ether oxygens (including phenoxy) is 1. The quantitative estimate of drug-likeness (QED) is 0.854. The zero-order chi connectivity index (χ0) is 15.5. The van der Waals surface area contributed by atoms with Gasteiger partial charge >= 0.3 is 0 Å². The number of hydrogen-bond donors (Lipinski definition) is 0. The van der Waals surface area contributed by atoms with Crippen molar-refractivity contribution in [3.63, 3.8) is 0 Å². The third kappa shape index (κ3) is 3.41.